The number of carbonyl (C=O) groups excluding carboxylic acids is 3. The van der Waals surface area contributed by atoms with Crippen LogP contribution in [-0.4, -0.2) is 35.5 Å². The van der Waals surface area contributed by atoms with Crippen LogP contribution in [-0.2, 0) is 28.6 Å². The molecule has 2 aliphatic heterocycles. The van der Waals surface area contributed by atoms with E-state index < -0.39 is 40.2 Å². The highest BCUT2D eigenvalue weighted by atomic mass is 16.7. The maximum Gasteiger partial charge on any atom is 0.339 e. The molecule has 0 bridgehead atoms. The SMILES string of the molecule is CC(=O)O[C@H]1C[C@H]2C(C)(C)C(=O)CC[C@]2(C)[C@H]2CC[C@@]3(C)[C@H](c4ccoc4)OC(=O)[C@@H]4O[C@@]43[C@]12C. The summed E-state index contributed by atoms with van der Waals surface area (Å²) in [5, 5.41) is 0. The molecule has 3 aliphatic carbocycles. The van der Waals surface area contributed by atoms with Crippen molar-refractivity contribution < 1.29 is 33.0 Å². The average Bonchev–Trinajstić information content (AvgIpc) is 3.35. The van der Waals surface area contributed by atoms with Gasteiger partial charge in [-0.2, -0.15) is 0 Å². The van der Waals surface area contributed by atoms with Crippen molar-refractivity contribution in [1.82, 2.24) is 0 Å². The van der Waals surface area contributed by atoms with Crippen LogP contribution in [0.4, 0.5) is 0 Å². The number of hydrogen-bond donors (Lipinski definition) is 0. The highest BCUT2D eigenvalue weighted by Crippen LogP contribution is 2.80. The first-order chi connectivity index (χ1) is 16.3. The molecule has 35 heavy (non-hydrogen) atoms. The van der Waals surface area contributed by atoms with Crippen molar-refractivity contribution in [1.29, 1.82) is 0 Å². The highest BCUT2D eigenvalue weighted by Gasteiger charge is 2.88. The zero-order chi connectivity index (χ0) is 25.2. The van der Waals surface area contributed by atoms with Gasteiger partial charge >= 0.3 is 11.9 Å². The minimum Gasteiger partial charge on any atom is -0.472 e. The first-order valence-electron chi connectivity index (χ1n) is 12.9. The molecule has 6 rings (SSSR count). The van der Waals surface area contributed by atoms with Crippen molar-refractivity contribution in [3.63, 3.8) is 0 Å². The summed E-state index contributed by atoms with van der Waals surface area (Å²) in [7, 11) is 0. The number of furan rings is 1. The molecule has 7 heteroatoms. The van der Waals surface area contributed by atoms with Gasteiger partial charge in [0.15, 0.2) is 6.10 Å². The lowest BCUT2D eigenvalue weighted by molar-refractivity contribution is -0.263. The largest absolute Gasteiger partial charge is 0.472 e. The Labute approximate surface area is 206 Å². The fourth-order valence-electron chi connectivity index (χ4n) is 9.69. The zero-order valence-corrected chi connectivity index (χ0v) is 21.5. The summed E-state index contributed by atoms with van der Waals surface area (Å²) in [5.41, 5.74) is -1.76. The number of epoxide rings is 1. The topological polar surface area (TPSA) is 95.3 Å². The van der Waals surface area contributed by atoms with E-state index in [0.29, 0.717) is 12.8 Å². The van der Waals surface area contributed by atoms with E-state index in [4.69, 9.17) is 18.6 Å². The maximum atomic E-state index is 13.3. The molecule has 0 N–H and O–H groups in total. The second kappa shape index (κ2) is 6.78. The third kappa shape index (κ3) is 2.53. The standard InChI is InChI=1S/C28H36O7/c1-15(29)33-20-13-18-24(2,3)19(30)8-10-25(18,4)17-7-11-26(5)21(16-9-12-32-14-16)34-23(31)22-28(26,35-22)27(17,20)6/h9,12,14,17-18,20-22H,7-8,10-11,13H2,1-6H3/t17-,18+,20+,21+,22+,25-,26+,27+,28+/m1/s1. The van der Waals surface area contributed by atoms with E-state index >= 15 is 0 Å². The van der Waals surface area contributed by atoms with Gasteiger partial charge in [-0.15, -0.1) is 0 Å². The van der Waals surface area contributed by atoms with E-state index in [0.717, 1.165) is 24.8 Å². The molecule has 2 saturated heterocycles. The molecule has 9 atom stereocenters. The van der Waals surface area contributed by atoms with Crippen molar-refractivity contribution in [3.8, 4) is 0 Å². The highest BCUT2D eigenvalue weighted by molar-refractivity contribution is 5.86. The summed E-state index contributed by atoms with van der Waals surface area (Å²) >= 11 is 0. The van der Waals surface area contributed by atoms with Gasteiger partial charge in [0, 0.05) is 35.2 Å². The Bertz CT molecular complexity index is 1110. The fraction of sp³-hybridized carbons (Fsp3) is 0.750. The van der Waals surface area contributed by atoms with Crippen LogP contribution in [0.3, 0.4) is 0 Å². The predicted molar refractivity (Wildman–Crippen MR) is 124 cm³/mol. The van der Waals surface area contributed by atoms with Crippen LogP contribution in [0.5, 0.6) is 0 Å². The third-order valence-corrected chi connectivity index (χ3v) is 11.3. The molecule has 190 valence electrons. The van der Waals surface area contributed by atoms with Crippen LogP contribution in [0.2, 0.25) is 0 Å². The molecule has 0 amide bonds. The average molecular weight is 485 g/mol. The number of carbonyl (C=O) groups is 3. The second-order valence-corrected chi connectivity index (χ2v) is 12.9. The Hall–Kier alpha value is -2.15. The number of esters is 2. The number of rotatable bonds is 2. The minimum atomic E-state index is -0.820. The predicted octanol–water partition coefficient (Wildman–Crippen LogP) is 4.78. The lowest BCUT2D eigenvalue weighted by Crippen LogP contribution is -2.73. The Morgan fingerprint density at radius 1 is 1.06 bits per heavy atom. The molecule has 3 saturated carbocycles. The molecule has 3 heterocycles. The Morgan fingerprint density at radius 2 is 1.80 bits per heavy atom. The molecule has 1 aromatic rings. The van der Waals surface area contributed by atoms with E-state index in [2.05, 4.69) is 34.6 Å². The molecule has 0 unspecified atom stereocenters. The number of fused-ring (bicyclic) bond motifs is 3. The van der Waals surface area contributed by atoms with E-state index in [1.54, 1.807) is 12.5 Å². The summed E-state index contributed by atoms with van der Waals surface area (Å²) in [6.07, 6.45) is 5.22. The van der Waals surface area contributed by atoms with Gasteiger partial charge < -0.3 is 18.6 Å². The number of hydrogen-bond acceptors (Lipinski definition) is 7. The summed E-state index contributed by atoms with van der Waals surface area (Å²) in [6, 6.07) is 1.85. The second-order valence-electron chi connectivity index (χ2n) is 12.9. The summed E-state index contributed by atoms with van der Waals surface area (Å²) in [5.74, 6) is -0.213. The molecular formula is C28H36O7. The van der Waals surface area contributed by atoms with Gasteiger partial charge in [0.1, 0.15) is 23.6 Å². The normalized spacial score (nSPS) is 49.6. The van der Waals surface area contributed by atoms with Crippen molar-refractivity contribution in [2.45, 2.75) is 97.6 Å². The molecular weight excluding hydrogens is 448 g/mol. The van der Waals surface area contributed by atoms with E-state index in [9.17, 15) is 14.4 Å². The Balaban J connectivity index is 1.53. The molecule has 0 aromatic carbocycles. The summed E-state index contributed by atoms with van der Waals surface area (Å²) in [4.78, 5) is 38.7. The molecule has 7 nitrogen and oxygen atoms in total. The molecule has 5 fully saturated rings. The Kier molecular flexibility index (Phi) is 4.51. The van der Waals surface area contributed by atoms with Crippen molar-refractivity contribution in [2.24, 2.45) is 33.5 Å². The monoisotopic (exact) mass is 484 g/mol. The summed E-state index contributed by atoms with van der Waals surface area (Å²) < 4.78 is 24.0. The number of ketones is 1. The summed E-state index contributed by atoms with van der Waals surface area (Å²) in [6.45, 7) is 12.2. The smallest absolute Gasteiger partial charge is 0.339 e. The number of ether oxygens (including phenoxy) is 3. The van der Waals surface area contributed by atoms with Gasteiger partial charge in [-0.3, -0.25) is 9.59 Å². The molecule has 5 aliphatic rings. The first-order valence-corrected chi connectivity index (χ1v) is 12.9. The van der Waals surface area contributed by atoms with E-state index in [-0.39, 0.29) is 35.0 Å². The number of Topliss-reactive ketones (excluding diaryl/α,β-unsaturated/α-hetero) is 1. The minimum absolute atomic E-state index is 0.0804. The molecule has 1 aromatic heterocycles. The van der Waals surface area contributed by atoms with Gasteiger partial charge in [-0.1, -0.05) is 34.6 Å². The zero-order valence-electron chi connectivity index (χ0n) is 21.5. The maximum absolute atomic E-state index is 13.3. The lowest BCUT2D eigenvalue weighted by Gasteiger charge is -2.69. The molecule has 1 spiro atoms. The van der Waals surface area contributed by atoms with Crippen molar-refractivity contribution in [2.75, 3.05) is 0 Å². The van der Waals surface area contributed by atoms with Crippen molar-refractivity contribution >= 4 is 17.7 Å². The van der Waals surface area contributed by atoms with Gasteiger partial charge in [0.2, 0.25) is 0 Å². The molecule has 0 radical (unpaired) electrons. The van der Waals surface area contributed by atoms with Gasteiger partial charge in [-0.25, -0.2) is 4.79 Å². The quantitative estimate of drug-likeness (QED) is 0.440. The van der Waals surface area contributed by atoms with E-state index in [1.165, 1.54) is 6.92 Å². The first kappa shape index (κ1) is 23.3. The number of cyclic esters (lactones) is 1. The van der Waals surface area contributed by atoms with Crippen LogP contribution in [0.1, 0.15) is 85.3 Å². The van der Waals surface area contributed by atoms with Gasteiger partial charge in [0.05, 0.1) is 12.5 Å². The Morgan fingerprint density at radius 3 is 2.46 bits per heavy atom. The van der Waals surface area contributed by atoms with E-state index in [1.807, 2.05) is 6.07 Å². The van der Waals surface area contributed by atoms with Gasteiger partial charge in [-0.05, 0) is 49.0 Å². The fourth-order valence-corrected chi connectivity index (χ4v) is 9.69. The van der Waals surface area contributed by atoms with Crippen LogP contribution in [0.15, 0.2) is 23.0 Å². The third-order valence-electron chi connectivity index (χ3n) is 11.3. The van der Waals surface area contributed by atoms with Crippen molar-refractivity contribution in [3.05, 3.63) is 24.2 Å². The van der Waals surface area contributed by atoms with Crippen LogP contribution < -0.4 is 0 Å². The lowest BCUT2D eigenvalue weighted by atomic mass is 9.35. The van der Waals surface area contributed by atoms with Crippen LogP contribution >= 0.6 is 0 Å². The van der Waals surface area contributed by atoms with Gasteiger partial charge in [0.25, 0.3) is 0 Å². The van der Waals surface area contributed by atoms with Crippen LogP contribution in [0, 0.1) is 33.5 Å². The van der Waals surface area contributed by atoms with Crippen LogP contribution in [0.25, 0.3) is 0 Å².